The minimum Gasteiger partial charge on any atom is -0.309 e. The summed E-state index contributed by atoms with van der Waals surface area (Å²) in [5.74, 6) is 0.754. The quantitative estimate of drug-likeness (QED) is 0.612. The van der Waals surface area contributed by atoms with Gasteiger partial charge in [-0.3, -0.25) is 0 Å². The molecule has 11 heavy (non-hydrogen) atoms. The van der Waals surface area contributed by atoms with Crippen LogP contribution in [0, 0.1) is 22.7 Å². The van der Waals surface area contributed by atoms with Crippen LogP contribution < -0.4 is 0 Å². The molecule has 0 amide bonds. The molecular weight excluding hydrogens is 136 g/mol. The van der Waals surface area contributed by atoms with E-state index in [4.69, 9.17) is 5.26 Å². The summed E-state index contributed by atoms with van der Waals surface area (Å²) in [4.78, 5) is 2.18. The van der Waals surface area contributed by atoms with Crippen molar-refractivity contribution in [3.05, 3.63) is 0 Å². The van der Waals surface area contributed by atoms with Crippen LogP contribution in [0.1, 0.15) is 19.8 Å². The SMILES string of the molecule is CC1CC1(CC#N)CN(C)C. The van der Waals surface area contributed by atoms with E-state index < -0.39 is 0 Å². The molecule has 0 heterocycles. The fourth-order valence-electron chi connectivity index (χ4n) is 1.86. The van der Waals surface area contributed by atoms with Crippen molar-refractivity contribution >= 4 is 0 Å². The predicted molar refractivity (Wildman–Crippen MR) is 45.0 cm³/mol. The van der Waals surface area contributed by atoms with Crippen molar-refractivity contribution in [1.29, 1.82) is 5.26 Å². The van der Waals surface area contributed by atoms with Crippen LogP contribution in [0.2, 0.25) is 0 Å². The summed E-state index contributed by atoms with van der Waals surface area (Å²) in [6.07, 6.45) is 1.96. The van der Waals surface area contributed by atoms with E-state index in [9.17, 15) is 0 Å². The van der Waals surface area contributed by atoms with Crippen molar-refractivity contribution in [2.45, 2.75) is 19.8 Å². The van der Waals surface area contributed by atoms with Gasteiger partial charge in [0.25, 0.3) is 0 Å². The molecule has 0 aliphatic heterocycles. The van der Waals surface area contributed by atoms with E-state index in [0.717, 1.165) is 18.9 Å². The van der Waals surface area contributed by atoms with Crippen LogP contribution in [0.25, 0.3) is 0 Å². The van der Waals surface area contributed by atoms with Crippen molar-refractivity contribution in [2.24, 2.45) is 11.3 Å². The molecule has 0 spiro atoms. The molecule has 62 valence electrons. The van der Waals surface area contributed by atoms with Gasteiger partial charge in [-0.05, 0) is 31.8 Å². The van der Waals surface area contributed by atoms with E-state index in [2.05, 4.69) is 32.0 Å². The van der Waals surface area contributed by atoms with Gasteiger partial charge in [0.1, 0.15) is 0 Å². The molecule has 2 unspecified atom stereocenters. The normalized spacial score (nSPS) is 35.4. The molecular formula is C9H16N2. The first-order valence-electron chi connectivity index (χ1n) is 4.12. The highest BCUT2D eigenvalue weighted by molar-refractivity contribution is 5.05. The van der Waals surface area contributed by atoms with Crippen LogP contribution in [0.5, 0.6) is 0 Å². The Kier molecular flexibility index (Phi) is 2.20. The minimum absolute atomic E-state index is 0.345. The van der Waals surface area contributed by atoms with Crippen LogP contribution in [0.4, 0.5) is 0 Å². The molecule has 0 saturated heterocycles. The first-order chi connectivity index (χ1) is 5.10. The Bertz CT molecular complexity index is 180. The van der Waals surface area contributed by atoms with Crippen molar-refractivity contribution in [3.8, 4) is 6.07 Å². The average Bonchev–Trinajstić information content (AvgIpc) is 2.40. The van der Waals surface area contributed by atoms with Crippen molar-refractivity contribution in [2.75, 3.05) is 20.6 Å². The molecule has 1 rings (SSSR count). The first kappa shape index (κ1) is 8.55. The Balaban J connectivity index is 2.45. The molecule has 1 saturated carbocycles. The predicted octanol–water partition coefficient (Wildman–Crippen LogP) is 1.49. The number of nitrogens with zero attached hydrogens (tertiary/aromatic N) is 2. The lowest BCUT2D eigenvalue weighted by Gasteiger charge is -2.17. The lowest BCUT2D eigenvalue weighted by atomic mass is 10.0. The average molecular weight is 152 g/mol. The number of hydrogen-bond acceptors (Lipinski definition) is 2. The fourth-order valence-corrected chi connectivity index (χ4v) is 1.86. The first-order valence-corrected chi connectivity index (χ1v) is 4.12. The molecule has 0 bridgehead atoms. The van der Waals surface area contributed by atoms with E-state index in [0.29, 0.717) is 5.41 Å². The van der Waals surface area contributed by atoms with Crippen LogP contribution in [0.3, 0.4) is 0 Å². The summed E-state index contributed by atoms with van der Waals surface area (Å²) in [6.45, 7) is 3.31. The molecule has 1 aliphatic carbocycles. The molecule has 0 radical (unpaired) electrons. The van der Waals surface area contributed by atoms with E-state index in [1.807, 2.05) is 0 Å². The van der Waals surface area contributed by atoms with Gasteiger partial charge in [0, 0.05) is 13.0 Å². The van der Waals surface area contributed by atoms with E-state index >= 15 is 0 Å². The summed E-state index contributed by atoms with van der Waals surface area (Å²) >= 11 is 0. The molecule has 2 nitrogen and oxygen atoms in total. The van der Waals surface area contributed by atoms with Crippen molar-refractivity contribution in [1.82, 2.24) is 4.90 Å². The second kappa shape index (κ2) is 2.83. The zero-order valence-corrected chi connectivity index (χ0v) is 7.59. The van der Waals surface area contributed by atoms with Gasteiger partial charge in [-0.2, -0.15) is 5.26 Å². The lowest BCUT2D eigenvalue weighted by molar-refractivity contribution is 0.296. The smallest absolute Gasteiger partial charge is 0.0628 e. The van der Waals surface area contributed by atoms with Crippen LogP contribution in [-0.4, -0.2) is 25.5 Å². The van der Waals surface area contributed by atoms with Gasteiger partial charge in [-0.25, -0.2) is 0 Å². The maximum absolute atomic E-state index is 8.60. The highest BCUT2D eigenvalue weighted by atomic mass is 15.1. The molecule has 1 fully saturated rings. The zero-order valence-electron chi connectivity index (χ0n) is 7.59. The van der Waals surface area contributed by atoms with E-state index in [-0.39, 0.29) is 0 Å². The highest BCUT2D eigenvalue weighted by Gasteiger charge is 2.50. The Labute approximate surface area is 68.8 Å². The van der Waals surface area contributed by atoms with Crippen LogP contribution >= 0.6 is 0 Å². The summed E-state index contributed by atoms with van der Waals surface area (Å²) in [7, 11) is 4.15. The van der Waals surface area contributed by atoms with Gasteiger partial charge < -0.3 is 4.90 Å². The van der Waals surface area contributed by atoms with Gasteiger partial charge in [-0.15, -0.1) is 0 Å². The summed E-state index contributed by atoms with van der Waals surface area (Å²) in [5.41, 5.74) is 0.345. The molecule has 0 aromatic carbocycles. The van der Waals surface area contributed by atoms with Gasteiger partial charge in [-0.1, -0.05) is 6.92 Å². The topological polar surface area (TPSA) is 27.0 Å². The third kappa shape index (κ3) is 1.72. The maximum Gasteiger partial charge on any atom is 0.0628 e. The van der Waals surface area contributed by atoms with Gasteiger partial charge >= 0.3 is 0 Å². The second-order valence-corrected chi connectivity index (χ2v) is 4.04. The minimum atomic E-state index is 0.345. The van der Waals surface area contributed by atoms with E-state index in [1.165, 1.54) is 6.42 Å². The second-order valence-electron chi connectivity index (χ2n) is 4.04. The zero-order chi connectivity index (χ0) is 8.48. The monoisotopic (exact) mass is 152 g/mol. The molecule has 0 aromatic rings. The Hall–Kier alpha value is -0.550. The third-order valence-corrected chi connectivity index (χ3v) is 2.66. The van der Waals surface area contributed by atoms with Crippen LogP contribution in [-0.2, 0) is 0 Å². The Morgan fingerprint density at radius 1 is 1.64 bits per heavy atom. The standard InChI is InChI=1S/C9H16N2/c1-8-6-9(8,4-5-10)7-11(2)3/h8H,4,6-7H2,1-3H3. The molecule has 0 N–H and O–H groups in total. The van der Waals surface area contributed by atoms with Crippen LogP contribution in [0.15, 0.2) is 0 Å². The van der Waals surface area contributed by atoms with Crippen molar-refractivity contribution < 1.29 is 0 Å². The van der Waals surface area contributed by atoms with Gasteiger partial charge in [0.05, 0.1) is 6.07 Å². The largest absolute Gasteiger partial charge is 0.309 e. The Morgan fingerprint density at radius 3 is 2.45 bits per heavy atom. The molecule has 1 aliphatic rings. The number of nitriles is 1. The van der Waals surface area contributed by atoms with E-state index in [1.54, 1.807) is 0 Å². The summed E-state index contributed by atoms with van der Waals surface area (Å²) in [5, 5.41) is 8.60. The number of rotatable bonds is 3. The molecule has 2 heteroatoms. The van der Waals surface area contributed by atoms with Gasteiger partial charge in [0.2, 0.25) is 0 Å². The highest BCUT2D eigenvalue weighted by Crippen LogP contribution is 2.54. The summed E-state index contributed by atoms with van der Waals surface area (Å²) < 4.78 is 0. The molecule has 2 atom stereocenters. The van der Waals surface area contributed by atoms with Gasteiger partial charge in [0.15, 0.2) is 0 Å². The summed E-state index contributed by atoms with van der Waals surface area (Å²) in [6, 6.07) is 2.28. The lowest BCUT2D eigenvalue weighted by Crippen LogP contribution is -2.23. The third-order valence-electron chi connectivity index (χ3n) is 2.66. The van der Waals surface area contributed by atoms with Crippen molar-refractivity contribution in [3.63, 3.8) is 0 Å². The molecule has 0 aromatic heterocycles. The maximum atomic E-state index is 8.60. The Morgan fingerprint density at radius 2 is 2.18 bits per heavy atom. The fraction of sp³-hybridized carbons (Fsp3) is 0.889. The number of hydrogen-bond donors (Lipinski definition) is 0.